The van der Waals surface area contributed by atoms with Crippen LogP contribution in [0.3, 0.4) is 0 Å². The number of hydrogen-bond donors (Lipinski definition) is 1. The zero-order valence-corrected chi connectivity index (χ0v) is 13.1. The highest BCUT2D eigenvalue weighted by Crippen LogP contribution is 2.33. The highest BCUT2D eigenvalue weighted by atomic mass is 16.3. The Morgan fingerprint density at radius 3 is 2.29 bits per heavy atom. The van der Waals surface area contributed by atoms with Gasteiger partial charge >= 0.3 is 0 Å². The van der Waals surface area contributed by atoms with E-state index in [0.717, 1.165) is 17.4 Å². The van der Waals surface area contributed by atoms with E-state index in [0.29, 0.717) is 0 Å². The molecule has 0 aliphatic heterocycles. The fourth-order valence-electron chi connectivity index (χ4n) is 3.48. The number of furan rings is 1. The summed E-state index contributed by atoms with van der Waals surface area (Å²) in [7, 11) is 1.98. The lowest BCUT2D eigenvalue weighted by molar-refractivity contribution is 0.440. The fraction of sp³-hybridized carbons (Fsp3) is 0.474. The molecule has 21 heavy (non-hydrogen) atoms. The predicted molar refractivity (Wildman–Crippen MR) is 86.6 cm³/mol. The maximum Gasteiger partial charge on any atom is 0.125 e. The van der Waals surface area contributed by atoms with Crippen molar-refractivity contribution >= 4 is 0 Å². The van der Waals surface area contributed by atoms with Gasteiger partial charge in [-0.15, -0.1) is 0 Å². The summed E-state index contributed by atoms with van der Waals surface area (Å²) in [5.41, 5.74) is 2.77. The van der Waals surface area contributed by atoms with Gasteiger partial charge in [-0.1, -0.05) is 43.5 Å². The molecule has 0 radical (unpaired) electrons. The van der Waals surface area contributed by atoms with Crippen LogP contribution in [0.5, 0.6) is 0 Å². The molecule has 0 bridgehead atoms. The van der Waals surface area contributed by atoms with E-state index in [9.17, 15) is 0 Å². The molecule has 1 heterocycles. The minimum absolute atomic E-state index is 0.138. The second-order valence-corrected chi connectivity index (χ2v) is 6.17. The molecule has 1 saturated carbocycles. The smallest absolute Gasteiger partial charge is 0.125 e. The minimum Gasteiger partial charge on any atom is -0.464 e. The van der Waals surface area contributed by atoms with Gasteiger partial charge in [-0.05, 0) is 56.0 Å². The molecular weight excluding hydrogens is 258 g/mol. The van der Waals surface area contributed by atoms with Crippen LogP contribution in [0.2, 0.25) is 0 Å². The van der Waals surface area contributed by atoms with E-state index in [-0.39, 0.29) is 6.04 Å². The van der Waals surface area contributed by atoms with Crippen LogP contribution in [0.1, 0.15) is 66.7 Å². The summed E-state index contributed by atoms with van der Waals surface area (Å²) in [6.07, 6.45) is 6.89. The van der Waals surface area contributed by atoms with Crippen LogP contribution in [0, 0.1) is 6.92 Å². The van der Waals surface area contributed by atoms with Crippen molar-refractivity contribution in [3.05, 3.63) is 59.0 Å². The zero-order chi connectivity index (χ0) is 14.7. The van der Waals surface area contributed by atoms with Crippen LogP contribution in [0.4, 0.5) is 0 Å². The molecule has 1 aliphatic carbocycles. The monoisotopic (exact) mass is 283 g/mol. The lowest BCUT2D eigenvalue weighted by Gasteiger charge is -2.22. The Labute approximate surface area is 127 Å². The lowest BCUT2D eigenvalue weighted by Crippen LogP contribution is -2.17. The van der Waals surface area contributed by atoms with E-state index in [4.69, 9.17) is 4.42 Å². The zero-order valence-electron chi connectivity index (χ0n) is 13.1. The molecule has 112 valence electrons. The number of aryl methyl sites for hydroxylation is 1. The summed E-state index contributed by atoms with van der Waals surface area (Å²) in [6, 6.07) is 13.4. The molecule has 2 heteroatoms. The molecule has 1 aliphatic rings. The second-order valence-electron chi connectivity index (χ2n) is 6.17. The number of nitrogens with one attached hydrogen (secondary N) is 1. The molecule has 2 aromatic rings. The normalized spacial score (nSPS) is 17.8. The van der Waals surface area contributed by atoms with Crippen molar-refractivity contribution in [1.82, 2.24) is 5.32 Å². The first-order valence-corrected chi connectivity index (χ1v) is 8.11. The van der Waals surface area contributed by atoms with Crippen LogP contribution in [0.15, 0.2) is 40.8 Å². The van der Waals surface area contributed by atoms with Gasteiger partial charge < -0.3 is 9.73 Å². The van der Waals surface area contributed by atoms with Gasteiger partial charge in [0.05, 0.1) is 6.04 Å². The Morgan fingerprint density at radius 1 is 1.00 bits per heavy atom. The maximum atomic E-state index is 5.78. The average molecular weight is 283 g/mol. The fourth-order valence-corrected chi connectivity index (χ4v) is 3.48. The summed E-state index contributed by atoms with van der Waals surface area (Å²) in [4.78, 5) is 0. The van der Waals surface area contributed by atoms with Gasteiger partial charge in [-0.3, -0.25) is 0 Å². The summed E-state index contributed by atoms with van der Waals surface area (Å²) >= 11 is 0. The highest BCUT2D eigenvalue weighted by Gasteiger charge is 2.18. The largest absolute Gasteiger partial charge is 0.464 e. The van der Waals surface area contributed by atoms with Crippen LogP contribution in [-0.4, -0.2) is 7.05 Å². The third-order valence-electron chi connectivity index (χ3n) is 4.68. The average Bonchev–Trinajstić information content (AvgIpc) is 2.96. The van der Waals surface area contributed by atoms with Crippen molar-refractivity contribution in [1.29, 1.82) is 0 Å². The topological polar surface area (TPSA) is 25.2 Å². The molecule has 1 aromatic heterocycles. The van der Waals surface area contributed by atoms with Crippen LogP contribution in [0.25, 0.3) is 0 Å². The summed E-state index contributed by atoms with van der Waals surface area (Å²) in [5, 5.41) is 3.35. The standard InChI is InChI=1S/C19H25NO/c1-14-8-13-18(21-14)19(20-2)17-11-9-16(10-12-17)15-6-4-3-5-7-15/h8-13,15,19-20H,3-7H2,1-2H3. The van der Waals surface area contributed by atoms with Gasteiger partial charge in [-0.2, -0.15) is 0 Å². The van der Waals surface area contributed by atoms with Crippen molar-refractivity contribution in [2.75, 3.05) is 7.05 Å². The predicted octanol–water partition coefficient (Wildman–Crippen LogP) is 4.94. The summed E-state index contributed by atoms with van der Waals surface area (Å²) < 4.78 is 5.78. The molecule has 1 atom stereocenters. The minimum atomic E-state index is 0.138. The second kappa shape index (κ2) is 6.48. The van der Waals surface area contributed by atoms with Gasteiger partial charge in [0.2, 0.25) is 0 Å². The molecule has 0 spiro atoms. The molecule has 0 saturated heterocycles. The van der Waals surface area contributed by atoms with E-state index in [1.165, 1.54) is 43.2 Å². The molecule has 1 N–H and O–H groups in total. The summed E-state index contributed by atoms with van der Waals surface area (Å²) in [5.74, 6) is 2.72. The van der Waals surface area contributed by atoms with E-state index in [1.54, 1.807) is 0 Å². The van der Waals surface area contributed by atoms with Crippen molar-refractivity contribution in [2.24, 2.45) is 0 Å². The Bertz CT molecular complexity index is 564. The van der Waals surface area contributed by atoms with E-state index < -0.39 is 0 Å². The molecule has 1 aromatic carbocycles. The third kappa shape index (κ3) is 3.21. The first-order chi connectivity index (χ1) is 10.3. The highest BCUT2D eigenvalue weighted by molar-refractivity contribution is 5.31. The first-order valence-electron chi connectivity index (χ1n) is 8.11. The lowest BCUT2D eigenvalue weighted by atomic mass is 9.83. The van der Waals surface area contributed by atoms with Crippen molar-refractivity contribution in [2.45, 2.75) is 51.0 Å². The van der Waals surface area contributed by atoms with Crippen LogP contribution >= 0.6 is 0 Å². The van der Waals surface area contributed by atoms with Crippen molar-refractivity contribution in [3.8, 4) is 0 Å². The van der Waals surface area contributed by atoms with Crippen LogP contribution < -0.4 is 5.32 Å². The SMILES string of the molecule is CNC(c1ccc(C2CCCCC2)cc1)c1ccc(C)o1. The van der Waals surface area contributed by atoms with E-state index >= 15 is 0 Å². The van der Waals surface area contributed by atoms with E-state index in [1.807, 2.05) is 20.0 Å². The van der Waals surface area contributed by atoms with Gasteiger partial charge in [0, 0.05) is 0 Å². The van der Waals surface area contributed by atoms with Crippen molar-refractivity contribution in [3.63, 3.8) is 0 Å². The van der Waals surface area contributed by atoms with Gasteiger partial charge in [0.1, 0.15) is 11.5 Å². The molecule has 2 nitrogen and oxygen atoms in total. The Morgan fingerprint density at radius 2 is 1.71 bits per heavy atom. The molecule has 1 fully saturated rings. The first kappa shape index (κ1) is 14.4. The van der Waals surface area contributed by atoms with E-state index in [2.05, 4.69) is 35.6 Å². The molecule has 1 unspecified atom stereocenters. The molecule has 0 amide bonds. The Kier molecular flexibility index (Phi) is 4.45. The number of hydrogen-bond acceptors (Lipinski definition) is 2. The quantitative estimate of drug-likeness (QED) is 0.859. The van der Waals surface area contributed by atoms with Crippen molar-refractivity contribution < 1.29 is 4.42 Å². The molecular formula is C19H25NO. The maximum absolute atomic E-state index is 5.78. The Balaban J connectivity index is 1.78. The van der Waals surface area contributed by atoms with Gasteiger partial charge in [0.25, 0.3) is 0 Å². The third-order valence-corrected chi connectivity index (χ3v) is 4.68. The number of benzene rings is 1. The van der Waals surface area contributed by atoms with Gasteiger partial charge in [-0.25, -0.2) is 0 Å². The Hall–Kier alpha value is -1.54. The van der Waals surface area contributed by atoms with Gasteiger partial charge in [0.15, 0.2) is 0 Å². The number of rotatable bonds is 4. The molecule has 3 rings (SSSR count). The summed E-state index contributed by atoms with van der Waals surface area (Å²) in [6.45, 7) is 1.99. The van der Waals surface area contributed by atoms with Crippen LogP contribution in [-0.2, 0) is 0 Å².